The van der Waals surface area contributed by atoms with Crippen LogP contribution in [0.25, 0.3) is 0 Å². The van der Waals surface area contributed by atoms with Crippen LogP contribution in [0, 0.1) is 6.92 Å². The lowest BCUT2D eigenvalue weighted by Gasteiger charge is -2.33. The number of pyridine rings is 1. The first-order chi connectivity index (χ1) is 13.9. The van der Waals surface area contributed by atoms with E-state index in [4.69, 9.17) is 16.2 Å². The molecule has 1 aliphatic rings. The number of anilines is 2. The fourth-order valence-electron chi connectivity index (χ4n) is 3.95. The normalized spacial score (nSPS) is 15.6. The number of likely N-dealkylation sites (tertiary alicyclic amines) is 1. The predicted molar refractivity (Wildman–Crippen MR) is 109 cm³/mol. The van der Waals surface area contributed by atoms with E-state index < -0.39 is 6.61 Å². The minimum absolute atomic E-state index is 0.0607. The lowest BCUT2D eigenvalue weighted by atomic mass is 9.86. The van der Waals surface area contributed by atoms with Crippen molar-refractivity contribution in [1.82, 2.24) is 9.88 Å². The second-order valence-electron chi connectivity index (χ2n) is 7.28. The number of nitrogens with two attached hydrogens (primary N) is 2. The Kier molecular flexibility index (Phi) is 6.74. The third-order valence-corrected chi connectivity index (χ3v) is 5.37. The standard InChI is InChI=1S/C21H28F2N4O2/c1-3-28-18-10-14(4-5-17(18)29-21(22)23)12-27-8-6-15(7-9-27)19-13(2)20(25)26-11-16(19)24/h4-5,10-11,15,21H,3,6-9,12,24H2,1-2H3,(H2,25,26). The van der Waals surface area contributed by atoms with Crippen LogP contribution in [0.2, 0.25) is 0 Å². The Morgan fingerprint density at radius 1 is 1.21 bits per heavy atom. The summed E-state index contributed by atoms with van der Waals surface area (Å²) in [6, 6.07) is 5.13. The molecule has 8 heteroatoms. The molecule has 0 amide bonds. The molecule has 6 nitrogen and oxygen atoms in total. The number of aromatic nitrogens is 1. The van der Waals surface area contributed by atoms with Crippen LogP contribution in [-0.4, -0.2) is 36.2 Å². The molecule has 0 spiro atoms. The van der Waals surface area contributed by atoms with Gasteiger partial charge in [0.2, 0.25) is 0 Å². The molecule has 0 bridgehead atoms. The summed E-state index contributed by atoms with van der Waals surface area (Å²) in [5.74, 6) is 1.30. The van der Waals surface area contributed by atoms with E-state index in [0.717, 1.165) is 42.6 Å². The van der Waals surface area contributed by atoms with Gasteiger partial charge in [0.25, 0.3) is 0 Å². The Hall–Kier alpha value is -2.61. The van der Waals surface area contributed by atoms with Crippen molar-refractivity contribution < 1.29 is 18.3 Å². The van der Waals surface area contributed by atoms with Gasteiger partial charge in [0.1, 0.15) is 5.82 Å². The zero-order valence-electron chi connectivity index (χ0n) is 16.8. The molecule has 0 atom stereocenters. The molecule has 29 heavy (non-hydrogen) atoms. The van der Waals surface area contributed by atoms with Gasteiger partial charge in [-0.3, -0.25) is 4.90 Å². The van der Waals surface area contributed by atoms with Crippen LogP contribution in [0.4, 0.5) is 20.3 Å². The largest absolute Gasteiger partial charge is 0.490 e. The molecule has 0 radical (unpaired) electrons. The first-order valence-corrected chi connectivity index (χ1v) is 9.82. The molecule has 1 aromatic carbocycles. The summed E-state index contributed by atoms with van der Waals surface area (Å²) >= 11 is 0. The smallest absolute Gasteiger partial charge is 0.387 e. The van der Waals surface area contributed by atoms with Crippen molar-refractivity contribution in [2.75, 3.05) is 31.2 Å². The second-order valence-corrected chi connectivity index (χ2v) is 7.28. The van der Waals surface area contributed by atoms with Gasteiger partial charge in [-0.1, -0.05) is 6.07 Å². The average molecular weight is 406 g/mol. The highest BCUT2D eigenvalue weighted by Gasteiger charge is 2.25. The highest BCUT2D eigenvalue weighted by atomic mass is 19.3. The molecule has 2 heterocycles. The number of alkyl halides is 2. The van der Waals surface area contributed by atoms with Gasteiger partial charge in [-0.15, -0.1) is 0 Å². The number of nitrogens with zero attached hydrogens (tertiary/aromatic N) is 2. The van der Waals surface area contributed by atoms with Crippen LogP contribution in [0.3, 0.4) is 0 Å². The van der Waals surface area contributed by atoms with E-state index >= 15 is 0 Å². The number of piperidine rings is 1. The van der Waals surface area contributed by atoms with Crippen molar-refractivity contribution in [3.05, 3.63) is 41.1 Å². The van der Waals surface area contributed by atoms with Crippen LogP contribution in [0.5, 0.6) is 11.5 Å². The fraction of sp³-hybridized carbons (Fsp3) is 0.476. The van der Waals surface area contributed by atoms with Gasteiger partial charge in [0.05, 0.1) is 18.5 Å². The molecular weight excluding hydrogens is 378 g/mol. The zero-order valence-corrected chi connectivity index (χ0v) is 16.8. The zero-order chi connectivity index (χ0) is 21.0. The Balaban J connectivity index is 1.65. The Labute approximate surface area is 169 Å². The molecule has 158 valence electrons. The first-order valence-electron chi connectivity index (χ1n) is 9.82. The summed E-state index contributed by atoms with van der Waals surface area (Å²) in [5, 5.41) is 0. The maximum Gasteiger partial charge on any atom is 0.387 e. The van der Waals surface area contributed by atoms with E-state index in [2.05, 4.69) is 14.6 Å². The summed E-state index contributed by atoms with van der Waals surface area (Å²) in [5.41, 5.74) is 15.9. The van der Waals surface area contributed by atoms with E-state index in [-0.39, 0.29) is 5.75 Å². The van der Waals surface area contributed by atoms with E-state index in [1.807, 2.05) is 13.8 Å². The van der Waals surface area contributed by atoms with Crippen LogP contribution in [0.1, 0.15) is 42.4 Å². The van der Waals surface area contributed by atoms with Gasteiger partial charge in [-0.25, -0.2) is 4.98 Å². The maximum atomic E-state index is 12.6. The summed E-state index contributed by atoms with van der Waals surface area (Å²) in [6.07, 6.45) is 3.58. The maximum absolute atomic E-state index is 12.6. The van der Waals surface area contributed by atoms with Crippen molar-refractivity contribution in [2.45, 2.75) is 45.8 Å². The first kappa shape index (κ1) is 21.1. The summed E-state index contributed by atoms with van der Waals surface area (Å²) < 4.78 is 35.1. The third-order valence-electron chi connectivity index (χ3n) is 5.37. The molecule has 1 aliphatic heterocycles. The van der Waals surface area contributed by atoms with Gasteiger partial charge in [-0.2, -0.15) is 8.78 Å². The number of ether oxygens (including phenoxy) is 2. The number of hydrogen-bond donors (Lipinski definition) is 2. The molecule has 0 saturated carbocycles. The topological polar surface area (TPSA) is 86.6 Å². The quantitative estimate of drug-likeness (QED) is 0.724. The summed E-state index contributed by atoms with van der Waals surface area (Å²) in [4.78, 5) is 6.46. The van der Waals surface area contributed by atoms with E-state index in [9.17, 15) is 8.78 Å². The summed E-state index contributed by atoms with van der Waals surface area (Å²) in [6.45, 7) is 3.81. The Morgan fingerprint density at radius 3 is 2.59 bits per heavy atom. The van der Waals surface area contributed by atoms with Gasteiger partial charge >= 0.3 is 6.61 Å². The Bertz CT molecular complexity index is 840. The van der Waals surface area contributed by atoms with Gasteiger partial charge < -0.3 is 20.9 Å². The van der Waals surface area contributed by atoms with E-state index in [0.29, 0.717) is 36.3 Å². The SMILES string of the molecule is CCOc1cc(CN2CCC(c3c(N)cnc(N)c3C)CC2)ccc1OC(F)F. The Morgan fingerprint density at radius 2 is 1.93 bits per heavy atom. The van der Waals surface area contributed by atoms with Crippen LogP contribution < -0.4 is 20.9 Å². The fourth-order valence-corrected chi connectivity index (χ4v) is 3.95. The molecule has 1 saturated heterocycles. The van der Waals surface area contributed by atoms with Crippen molar-refractivity contribution >= 4 is 11.5 Å². The predicted octanol–water partition coefficient (Wildman–Crippen LogP) is 3.93. The van der Waals surface area contributed by atoms with Crippen LogP contribution in [-0.2, 0) is 6.54 Å². The molecule has 2 aromatic rings. The molecule has 4 N–H and O–H groups in total. The van der Waals surface area contributed by atoms with E-state index in [1.165, 1.54) is 0 Å². The monoisotopic (exact) mass is 406 g/mol. The van der Waals surface area contributed by atoms with Crippen molar-refractivity contribution in [2.24, 2.45) is 0 Å². The molecule has 0 unspecified atom stereocenters. The number of halogens is 2. The number of benzene rings is 1. The molecule has 1 aromatic heterocycles. The average Bonchev–Trinajstić information content (AvgIpc) is 2.68. The second kappa shape index (κ2) is 9.26. The van der Waals surface area contributed by atoms with Gasteiger partial charge in [-0.05, 0) is 74.5 Å². The number of rotatable bonds is 7. The number of nitrogen functional groups attached to an aromatic ring is 2. The summed E-state index contributed by atoms with van der Waals surface area (Å²) in [7, 11) is 0. The number of hydrogen-bond acceptors (Lipinski definition) is 6. The molecular formula is C21H28F2N4O2. The molecule has 3 rings (SSSR count). The third kappa shape index (κ3) is 5.06. The highest BCUT2D eigenvalue weighted by Crippen LogP contribution is 2.36. The van der Waals surface area contributed by atoms with Crippen molar-refractivity contribution in [3.8, 4) is 11.5 Å². The van der Waals surface area contributed by atoms with Gasteiger partial charge in [0, 0.05) is 6.54 Å². The van der Waals surface area contributed by atoms with Gasteiger partial charge in [0.15, 0.2) is 11.5 Å². The molecule has 0 aliphatic carbocycles. The van der Waals surface area contributed by atoms with Crippen molar-refractivity contribution in [3.63, 3.8) is 0 Å². The van der Waals surface area contributed by atoms with Crippen LogP contribution >= 0.6 is 0 Å². The van der Waals surface area contributed by atoms with E-state index in [1.54, 1.807) is 24.4 Å². The van der Waals surface area contributed by atoms with Crippen molar-refractivity contribution in [1.29, 1.82) is 0 Å². The highest BCUT2D eigenvalue weighted by molar-refractivity contribution is 5.58. The molecule has 1 fully saturated rings. The minimum atomic E-state index is -2.88. The minimum Gasteiger partial charge on any atom is -0.490 e. The van der Waals surface area contributed by atoms with Crippen LogP contribution in [0.15, 0.2) is 24.4 Å². The lowest BCUT2D eigenvalue weighted by molar-refractivity contribution is -0.0514. The lowest BCUT2D eigenvalue weighted by Crippen LogP contribution is -2.33.